The molecule has 19 heavy (non-hydrogen) atoms. The number of methoxy groups -OCH3 is 2. The molecule has 2 rings (SSSR count). The first-order chi connectivity index (χ1) is 8.99. The van der Waals surface area contributed by atoms with Gasteiger partial charge < -0.3 is 19.8 Å². The topological polar surface area (TPSA) is 62.3 Å². The van der Waals surface area contributed by atoms with Crippen molar-refractivity contribution in [2.75, 3.05) is 20.0 Å². The zero-order valence-electron chi connectivity index (χ0n) is 11.9. The van der Waals surface area contributed by atoms with Gasteiger partial charge in [0.05, 0.1) is 25.6 Å². The third-order valence-electron chi connectivity index (χ3n) is 3.27. The van der Waals surface area contributed by atoms with E-state index >= 15 is 0 Å². The van der Waals surface area contributed by atoms with E-state index in [1.54, 1.807) is 14.2 Å². The molecular formula is C14H19N3O2. The van der Waals surface area contributed by atoms with Crippen LogP contribution in [0.3, 0.4) is 0 Å². The molecule has 1 heterocycles. The van der Waals surface area contributed by atoms with Crippen LogP contribution in [0.25, 0.3) is 11.3 Å². The monoisotopic (exact) mass is 261 g/mol. The van der Waals surface area contributed by atoms with Gasteiger partial charge in [-0.3, -0.25) is 0 Å². The Balaban J connectivity index is 2.74. The van der Waals surface area contributed by atoms with Crippen molar-refractivity contribution >= 4 is 5.95 Å². The van der Waals surface area contributed by atoms with Crippen molar-refractivity contribution in [1.29, 1.82) is 0 Å². The molecule has 102 valence electrons. The molecule has 5 heteroatoms. The predicted molar refractivity (Wildman–Crippen MR) is 75.6 cm³/mol. The summed E-state index contributed by atoms with van der Waals surface area (Å²) in [7, 11) is 5.18. The second-order valence-electron chi connectivity index (χ2n) is 4.48. The minimum Gasteiger partial charge on any atom is -0.497 e. The largest absolute Gasteiger partial charge is 0.497 e. The molecule has 0 radical (unpaired) electrons. The number of nitrogens with two attached hydrogens (primary N) is 1. The smallest absolute Gasteiger partial charge is 0.200 e. The normalized spacial score (nSPS) is 10.6. The van der Waals surface area contributed by atoms with Gasteiger partial charge in [-0.25, -0.2) is 4.98 Å². The molecule has 0 atom stereocenters. The summed E-state index contributed by atoms with van der Waals surface area (Å²) in [6, 6.07) is 3.84. The highest BCUT2D eigenvalue weighted by Crippen LogP contribution is 2.38. The summed E-state index contributed by atoms with van der Waals surface area (Å²) in [5.74, 6) is 2.01. The van der Waals surface area contributed by atoms with E-state index in [1.165, 1.54) is 0 Å². The van der Waals surface area contributed by atoms with Crippen molar-refractivity contribution in [2.45, 2.75) is 13.8 Å². The van der Waals surface area contributed by atoms with Crippen LogP contribution in [0.1, 0.15) is 11.3 Å². The molecule has 0 bridgehead atoms. The molecule has 0 unspecified atom stereocenters. The van der Waals surface area contributed by atoms with Crippen molar-refractivity contribution in [3.8, 4) is 22.8 Å². The highest BCUT2D eigenvalue weighted by atomic mass is 16.5. The minimum absolute atomic E-state index is 0.491. The Morgan fingerprint density at radius 2 is 1.84 bits per heavy atom. The number of aromatic nitrogens is 2. The van der Waals surface area contributed by atoms with Gasteiger partial charge in [0.2, 0.25) is 5.95 Å². The van der Waals surface area contributed by atoms with Gasteiger partial charge in [-0.05, 0) is 25.5 Å². The van der Waals surface area contributed by atoms with Crippen molar-refractivity contribution in [3.63, 3.8) is 0 Å². The third kappa shape index (κ3) is 2.12. The van der Waals surface area contributed by atoms with E-state index in [0.29, 0.717) is 5.95 Å². The first-order valence-electron chi connectivity index (χ1n) is 6.01. The van der Waals surface area contributed by atoms with Gasteiger partial charge >= 0.3 is 0 Å². The first-order valence-corrected chi connectivity index (χ1v) is 6.01. The molecule has 0 saturated carbocycles. The molecular weight excluding hydrogens is 242 g/mol. The van der Waals surface area contributed by atoms with E-state index in [1.807, 2.05) is 37.6 Å². The summed E-state index contributed by atoms with van der Waals surface area (Å²) < 4.78 is 12.6. The lowest BCUT2D eigenvalue weighted by Crippen LogP contribution is -2.01. The maximum absolute atomic E-state index is 5.86. The zero-order chi connectivity index (χ0) is 14.2. The van der Waals surface area contributed by atoms with Crippen LogP contribution in [0, 0.1) is 13.8 Å². The van der Waals surface area contributed by atoms with Crippen LogP contribution in [0.15, 0.2) is 12.1 Å². The molecule has 0 amide bonds. The molecule has 0 fully saturated rings. The van der Waals surface area contributed by atoms with Gasteiger partial charge in [0.1, 0.15) is 11.5 Å². The van der Waals surface area contributed by atoms with Crippen molar-refractivity contribution in [1.82, 2.24) is 9.55 Å². The summed E-state index contributed by atoms with van der Waals surface area (Å²) in [5.41, 5.74) is 9.76. The van der Waals surface area contributed by atoms with E-state index in [-0.39, 0.29) is 0 Å². The summed E-state index contributed by atoms with van der Waals surface area (Å²) in [4.78, 5) is 4.30. The number of benzene rings is 1. The molecule has 1 aromatic carbocycles. The number of hydrogen-bond donors (Lipinski definition) is 1. The Labute approximate surface area is 113 Å². The van der Waals surface area contributed by atoms with Gasteiger partial charge in [0.25, 0.3) is 0 Å². The Morgan fingerprint density at radius 3 is 2.32 bits per heavy atom. The quantitative estimate of drug-likeness (QED) is 0.921. The number of anilines is 1. The summed E-state index contributed by atoms with van der Waals surface area (Å²) >= 11 is 0. The highest BCUT2D eigenvalue weighted by molar-refractivity contribution is 5.75. The standard InChI is InChI=1S/C14H19N3O2/c1-8-6-10(18-4)7-11(19-5)12(8)13-9(2)16-14(15)17(13)3/h6-7H,1-5H3,(H2,15,16). The van der Waals surface area contributed by atoms with Gasteiger partial charge in [0.15, 0.2) is 0 Å². The third-order valence-corrected chi connectivity index (χ3v) is 3.27. The van der Waals surface area contributed by atoms with Crippen LogP contribution in [-0.2, 0) is 7.05 Å². The molecule has 2 N–H and O–H groups in total. The van der Waals surface area contributed by atoms with Crippen LogP contribution in [0.2, 0.25) is 0 Å². The van der Waals surface area contributed by atoms with Crippen LogP contribution < -0.4 is 15.2 Å². The number of aryl methyl sites for hydroxylation is 2. The molecule has 0 saturated heterocycles. The van der Waals surface area contributed by atoms with E-state index in [2.05, 4.69) is 4.98 Å². The van der Waals surface area contributed by atoms with Crippen molar-refractivity contribution < 1.29 is 9.47 Å². The van der Waals surface area contributed by atoms with E-state index in [0.717, 1.165) is 34.0 Å². The molecule has 0 aliphatic rings. The average Bonchev–Trinajstić information content (AvgIpc) is 2.63. The van der Waals surface area contributed by atoms with Crippen LogP contribution >= 0.6 is 0 Å². The summed E-state index contributed by atoms with van der Waals surface area (Å²) in [6.45, 7) is 3.96. The maximum atomic E-state index is 5.86. The number of hydrogen-bond acceptors (Lipinski definition) is 4. The molecule has 1 aromatic heterocycles. The Kier molecular flexibility index (Phi) is 3.38. The fourth-order valence-electron chi connectivity index (χ4n) is 2.31. The number of ether oxygens (including phenoxy) is 2. The average molecular weight is 261 g/mol. The fraction of sp³-hybridized carbons (Fsp3) is 0.357. The molecule has 2 aromatic rings. The molecule has 0 spiro atoms. The van der Waals surface area contributed by atoms with Crippen LogP contribution in [-0.4, -0.2) is 23.8 Å². The van der Waals surface area contributed by atoms with Gasteiger partial charge in [-0.15, -0.1) is 0 Å². The summed E-state index contributed by atoms with van der Waals surface area (Å²) in [5, 5.41) is 0. The van der Waals surface area contributed by atoms with E-state index in [4.69, 9.17) is 15.2 Å². The molecule has 0 aliphatic carbocycles. The summed E-state index contributed by atoms with van der Waals surface area (Å²) in [6.07, 6.45) is 0. The van der Waals surface area contributed by atoms with Crippen LogP contribution in [0.4, 0.5) is 5.95 Å². The minimum atomic E-state index is 0.491. The number of nitrogen functional groups attached to an aromatic ring is 1. The predicted octanol–water partition coefficient (Wildman–Crippen LogP) is 2.30. The number of imidazole rings is 1. The highest BCUT2D eigenvalue weighted by Gasteiger charge is 2.19. The Bertz CT molecular complexity index is 618. The maximum Gasteiger partial charge on any atom is 0.200 e. The van der Waals surface area contributed by atoms with Gasteiger partial charge in [-0.2, -0.15) is 0 Å². The second kappa shape index (κ2) is 4.84. The van der Waals surface area contributed by atoms with E-state index < -0.39 is 0 Å². The SMILES string of the molecule is COc1cc(C)c(-c2c(C)nc(N)n2C)c(OC)c1. The lowest BCUT2D eigenvalue weighted by molar-refractivity contribution is 0.394. The zero-order valence-corrected chi connectivity index (χ0v) is 11.9. The Hall–Kier alpha value is -2.17. The lowest BCUT2D eigenvalue weighted by Gasteiger charge is -2.15. The Morgan fingerprint density at radius 1 is 1.16 bits per heavy atom. The fourth-order valence-corrected chi connectivity index (χ4v) is 2.31. The lowest BCUT2D eigenvalue weighted by atomic mass is 10.0. The molecule has 5 nitrogen and oxygen atoms in total. The van der Waals surface area contributed by atoms with E-state index in [9.17, 15) is 0 Å². The second-order valence-corrected chi connectivity index (χ2v) is 4.48. The molecule has 0 aliphatic heterocycles. The van der Waals surface area contributed by atoms with Crippen LogP contribution in [0.5, 0.6) is 11.5 Å². The first kappa shape index (κ1) is 13.3. The number of rotatable bonds is 3. The van der Waals surface area contributed by atoms with Crippen molar-refractivity contribution in [3.05, 3.63) is 23.4 Å². The van der Waals surface area contributed by atoms with Gasteiger partial charge in [0, 0.05) is 18.7 Å². The van der Waals surface area contributed by atoms with Crippen molar-refractivity contribution in [2.24, 2.45) is 7.05 Å². The number of nitrogens with zero attached hydrogens (tertiary/aromatic N) is 2. The van der Waals surface area contributed by atoms with Gasteiger partial charge in [-0.1, -0.05) is 0 Å².